The van der Waals surface area contributed by atoms with Gasteiger partial charge in [0.1, 0.15) is 11.2 Å². The third-order valence-electron chi connectivity index (χ3n) is 5.98. The molecule has 6 heteroatoms. The number of rotatable bonds is 3. The third kappa shape index (κ3) is 2.88. The quantitative estimate of drug-likeness (QED) is 0.717. The van der Waals surface area contributed by atoms with Gasteiger partial charge in [-0.1, -0.05) is 43.2 Å². The topological polar surface area (TPSA) is 56.0 Å². The summed E-state index contributed by atoms with van der Waals surface area (Å²) >= 11 is 0. The fourth-order valence-electron chi connectivity index (χ4n) is 4.71. The zero-order valence-electron chi connectivity index (χ0n) is 15.7. The Morgan fingerprint density at radius 3 is 2.70 bits per heavy atom. The molecule has 5 rings (SSSR count). The van der Waals surface area contributed by atoms with Crippen LogP contribution in [0, 0.1) is 0 Å². The smallest absolute Gasteiger partial charge is 0.264 e. The first-order valence-corrected chi connectivity index (χ1v) is 9.95. The zero-order valence-corrected chi connectivity index (χ0v) is 15.7. The molecule has 0 spiro atoms. The second kappa shape index (κ2) is 6.60. The Hall–Kier alpha value is -2.47. The Labute approximate surface area is 158 Å². The van der Waals surface area contributed by atoms with Crippen LogP contribution >= 0.6 is 0 Å². The first-order chi connectivity index (χ1) is 13.2. The third-order valence-corrected chi connectivity index (χ3v) is 5.98. The predicted molar refractivity (Wildman–Crippen MR) is 105 cm³/mol. The summed E-state index contributed by atoms with van der Waals surface area (Å²) in [4.78, 5) is 20.5. The first-order valence-electron chi connectivity index (χ1n) is 9.95. The van der Waals surface area contributed by atoms with Gasteiger partial charge in [0.05, 0.1) is 18.8 Å². The van der Waals surface area contributed by atoms with E-state index in [1.165, 1.54) is 18.4 Å². The van der Waals surface area contributed by atoms with Crippen LogP contribution in [0.4, 0.5) is 0 Å². The fraction of sp³-hybridized carbons (Fsp3) is 0.476. The SMILES string of the molecule is CC1CN(Cc2ccccc2)Cc2nc3c(cnn3C3CCCC3)c(=O)n21. The van der Waals surface area contributed by atoms with Crippen LogP contribution in [0.15, 0.2) is 41.3 Å². The number of fused-ring (bicyclic) bond motifs is 2. The van der Waals surface area contributed by atoms with Gasteiger partial charge in [-0.2, -0.15) is 5.10 Å². The molecule has 6 nitrogen and oxygen atoms in total. The maximum atomic E-state index is 13.1. The molecule has 3 heterocycles. The minimum Gasteiger partial charge on any atom is -0.291 e. The Morgan fingerprint density at radius 2 is 1.93 bits per heavy atom. The summed E-state index contributed by atoms with van der Waals surface area (Å²) in [7, 11) is 0. The van der Waals surface area contributed by atoms with Gasteiger partial charge in [0, 0.05) is 19.1 Å². The average Bonchev–Trinajstić information content (AvgIpc) is 3.31. The van der Waals surface area contributed by atoms with Gasteiger partial charge in [0.2, 0.25) is 0 Å². The maximum absolute atomic E-state index is 13.1. The van der Waals surface area contributed by atoms with Crippen molar-refractivity contribution in [2.75, 3.05) is 6.54 Å². The van der Waals surface area contributed by atoms with Crippen molar-refractivity contribution in [3.8, 4) is 0 Å². The van der Waals surface area contributed by atoms with Crippen molar-refractivity contribution in [2.24, 2.45) is 0 Å². The molecular weight excluding hydrogens is 338 g/mol. The van der Waals surface area contributed by atoms with Gasteiger partial charge in [0.15, 0.2) is 5.65 Å². The van der Waals surface area contributed by atoms with Crippen LogP contribution in [-0.2, 0) is 13.1 Å². The van der Waals surface area contributed by atoms with E-state index in [4.69, 9.17) is 4.98 Å². The molecule has 0 bridgehead atoms. The van der Waals surface area contributed by atoms with Crippen LogP contribution in [0.3, 0.4) is 0 Å². The van der Waals surface area contributed by atoms with Crippen LogP contribution in [-0.4, -0.2) is 30.8 Å². The highest BCUT2D eigenvalue weighted by atomic mass is 16.1. The summed E-state index contributed by atoms with van der Waals surface area (Å²) in [6.07, 6.45) is 6.45. The van der Waals surface area contributed by atoms with E-state index in [1.54, 1.807) is 6.20 Å². The summed E-state index contributed by atoms with van der Waals surface area (Å²) in [6, 6.07) is 11.0. The Balaban J connectivity index is 1.53. The first kappa shape index (κ1) is 16.7. The largest absolute Gasteiger partial charge is 0.291 e. The molecule has 1 atom stereocenters. The summed E-state index contributed by atoms with van der Waals surface area (Å²) in [5.74, 6) is 0.863. The predicted octanol–water partition coefficient (Wildman–Crippen LogP) is 3.28. The standard InChI is InChI=1S/C21H25N5O/c1-15-12-24(13-16-7-3-2-4-8-16)14-19-23-20-18(21(27)25(15)19)11-22-26(20)17-9-5-6-10-17/h2-4,7-8,11,15,17H,5-6,9-10,12-14H2,1H3. The molecule has 1 unspecified atom stereocenters. The van der Waals surface area contributed by atoms with Gasteiger partial charge < -0.3 is 0 Å². The molecule has 0 radical (unpaired) electrons. The molecular formula is C21H25N5O. The van der Waals surface area contributed by atoms with Crippen LogP contribution in [0.1, 0.15) is 56.1 Å². The van der Waals surface area contributed by atoms with Gasteiger partial charge in [-0.15, -0.1) is 0 Å². The molecule has 2 aromatic heterocycles. The van der Waals surface area contributed by atoms with E-state index in [9.17, 15) is 4.79 Å². The lowest BCUT2D eigenvalue weighted by atomic mass is 10.1. The van der Waals surface area contributed by atoms with Crippen molar-refractivity contribution in [2.45, 2.75) is 57.8 Å². The second-order valence-electron chi connectivity index (χ2n) is 7.97. The van der Waals surface area contributed by atoms with Crippen molar-refractivity contribution in [1.29, 1.82) is 0 Å². The van der Waals surface area contributed by atoms with Gasteiger partial charge in [0.25, 0.3) is 5.56 Å². The molecule has 3 aromatic rings. The summed E-state index contributed by atoms with van der Waals surface area (Å²) in [5, 5.41) is 5.21. The van der Waals surface area contributed by atoms with Crippen LogP contribution < -0.4 is 5.56 Å². The molecule has 1 saturated carbocycles. The average molecular weight is 363 g/mol. The summed E-state index contributed by atoms with van der Waals surface area (Å²) < 4.78 is 3.88. The highest BCUT2D eigenvalue weighted by Gasteiger charge is 2.28. The van der Waals surface area contributed by atoms with Crippen molar-refractivity contribution >= 4 is 11.0 Å². The van der Waals surface area contributed by atoms with E-state index < -0.39 is 0 Å². The molecule has 1 aliphatic heterocycles. The number of hydrogen-bond acceptors (Lipinski definition) is 4. The van der Waals surface area contributed by atoms with Crippen molar-refractivity contribution < 1.29 is 0 Å². The molecule has 0 saturated heterocycles. The zero-order chi connectivity index (χ0) is 18.4. The van der Waals surface area contributed by atoms with Gasteiger partial charge in [-0.3, -0.25) is 14.3 Å². The molecule has 1 aromatic carbocycles. The minimum absolute atomic E-state index is 0.0612. The van der Waals surface area contributed by atoms with Crippen molar-refractivity contribution in [3.05, 3.63) is 58.3 Å². The minimum atomic E-state index is 0.0612. The lowest BCUT2D eigenvalue weighted by molar-refractivity contribution is 0.176. The van der Waals surface area contributed by atoms with E-state index in [2.05, 4.69) is 41.2 Å². The number of nitrogens with zero attached hydrogens (tertiary/aromatic N) is 5. The van der Waals surface area contributed by atoms with E-state index in [1.807, 2.05) is 15.3 Å². The van der Waals surface area contributed by atoms with E-state index in [-0.39, 0.29) is 11.6 Å². The number of aromatic nitrogens is 4. The fourth-order valence-corrected chi connectivity index (χ4v) is 4.71. The maximum Gasteiger partial charge on any atom is 0.264 e. The summed E-state index contributed by atoms with van der Waals surface area (Å²) in [5.41, 5.74) is 2.12. The molecule has 0 N–H and O–H groups in total. The highest BCUT2D eigenvalue weighted by Crippen LogP contribution is 2.31. The lowest BCUT2D eigenvalue weighted by Gasteiger charge is -2.33. The summed E-state index contributed by atoms with van der Waals surface area (Å²) in [6.45, 7) is 4.53. The Morgan fingerprint density at radius 1 is 1.15 bits per heavy atom. The molecule has 2 aliphatic rings. The highest BCUT2D eigenvalue weighted by molar-refractivity contribution is 5.73. The van der Waals surface area contributed by atoms with Crippen molar-refractivity contribution in [1.82, 2.24) is 24.2 Å². The normalized spacial score (nSPS) is 21.0. The molecule has 0 amide bonds. The second-order valence-corrected chi connectivity index (χ2v) is 7.97. The molecule has 1 aliphatic carbocycles. The molecule has 1 fully saturated rings. The Kier molecular flexibility index (Phi) is 4.08. The Bertz CT molecular complexity index is 1020. The van der Waals surface area contributed by atoms with Gasteiger partial charge in [-0.05, 0) is 25.3 Å². The van der Waals surface area contributed by atoms with Gasteiger partial charge in [-0.25, -0.2) is 9.67 Å². The monoisotopic (exact) mass is 363 g/mol. The van der Waals surface area contributed by atoms with Crippen LogP contribution in [0.5, 0.6) is 0 Å². The van der Waals surface area contributed by atoms with E-state index >= 15 is 0 Å². The van der Waals surface area contributed by atoms with Gasteiger partial charge >= 0.3 is 0 Å². The lowest BCUT2D eigenvalue weighted by Crippen LogP contribution is -2.42. The number of benzene rings is 1. The molecule has 27 heavy (non-hydrogen) atoms. The number of hydrogen-bond donors (Lipinski definition) is 0. The van der Waals surface area contributed by atoms with E-state index in [0.29, 0.717) is 18.0 Å². The van der Waals surface area contributed by atoms with Crippen molar-refractivity contribution in [3.63, 3.8) is 0 Å². The van der Waals surface area contributed by atoms with E-state index in [0.717, 1.165) is 37.4 Å². The van der Waals surface area contributed by atoms with Crippen LogP contribution in [0.2, 0.25) is 0 Å². The van der Waals surface area contributed by atoms with Crippen LogP contribution in [0.25, 0.3) is 11.0 Å². The molecule has 140 valence electrons.